The van der Waals surface area contributed by atoms with Gasteiger partial charge < -0.3 is 19.5 Å². The summed E-state index contributed by atoms with van der Waals surface area (Å²) in [6.07, 6.45) is 1.51. The van der Waals surface area contributed by atoms with Crippen molar-refractivity contribution in [2.75, 3.05) is 32.8 Å². The van der Waals surface area contributed by atoms with Crippen molar-refractivity contribution in [1.29, 1.82) is 0 Å². The molecule has 1 saturated heterocycles. The predicted molar refractivity (Wildman–Crippen MR) is 99.1 cm³/mol. The van der Waals surface area contributed by atoms with Crippen molar-refractivity contribution in [3.05, 3.63) is 35.5 Å². The summed E-state index contributed by atoms with van der Waals surface area (Å²) in [5.41, 5.74) is 2.94. The maximum Gasteiger partial charge on any atom is 0.409 e. The number of amides is 2. The molecule has 4 rings (SSSR count). The number of nitrogens with one attached hydrogen (secondary N) is 1. The third-order valence-electron chi connectivity index (χ3n) is 5.62. The van der Waals surface area contributed by atoms with Gasteiger partial charge in [-0.3, -0.25) is 4.79 Å². The molecule has 2 aliphatic rings. The summed E-state index contributed by atoms with van der Waals surface area (Å²) in [6.45, 7) is 6.45. The number of piperazine rings is 1. The Balaban J connectivity index is 1.53. The van der Waals surface area contributed by atoms with E-state index in [0.717, 1.165) is 35.0 Å². The van der Waals surface area contributed by atoms with E-state index < -0.39 is 5.41 Å². The quantitative estimate of drug-likeness (QED) is 0.921. The van der Waals surface area contributed by atoms with E-state index in [4.69, 9.17) is 4.74 Å². The van der Waals surface area contributed by atoms with Crippen molar-refractivity contribution >= 4 is 22.9 Å². The fraction of sp³-hybridized carbons (Fsp3) is 0.500. The van der Waals surface area contributed by atoms with Gasteiger partial charge in [0.05, 0.1) is 12.0 Å². The number of carbonyl (C=O) groups is 2. The van der Waals surface area contributed by atoms with Gasteiger partial charge in [-0.05, 0) is 38.3 Å². The third-order valence-corrected chi connectivity index (χ3v) is 5.62. The first-order valence-corrected chi connectivity index (χ1v) is 9.35. The number of H-pyrrole nitrogens is 1. The molecule has 1 aliphatic heterocycles. The summed E-state index contributed by atoms with van der Waals surface area (Å²) >= 11 is 0. The maximum absolute atomic E-state index is 13.4. The van der Waals surface area contributed by atoms with E-state index in [2.05, 4.69) is 24.0 Å². The topological polar surface area (TPSA) is 65.6 Å². The van der Waals surface area contributed by atoms with Gasteiger partial charge in [-0.25, -0.2) is 4.79 Å². The van der Waals surface area contributed by atoms with Gasteiger partial charge in [0, 0.05) is 42.8 Å². The summed E-state index contributed by atoms with van der Waals surface area (Å²) < 4.78 is 5.06. The van der Waals surface area contributed by atoms with Gasteiger partial charge in [0.2, 0.25) is 5.91 Å². The summed E-state index contributed by atoms with van der Waals surface area (Å²) in [5, 5.41) is 1.15. The number of hydrogen-bond donors (Lipinski definition) is 1. The van der Waals surface area contributed by atoms with Crippen LogP contribution in [0.3, 0.4) is 0 Å². The van der Waals surface area contributed by atoms with Gasteiger partial charge in [0.1, 0.15) is 0 Å². The van der Waals surface area contributed by atoms with Crippen LogP contribution in [-0.4, -0.2) is 59.6 Å². The van der Waals surface area contributed by atoms with Gasteiger partial charge in [0.15, 0.2) is 0 Å². The lowest BCUT2D eigenvalue weighted by Gasteiger charge is -2.36. The number of aromatic amines is 1. The monoisotopic (exact) mass is 355 g/mol. The molecule has 1 saturated carbocycles. The smallest absolute Gasteiger partial charge is 0.409 e. The number of ether oxygens (including phenoxy) is 1. The zero-order valence-electron chi connectivity index (χ0n) is 15.4. The fourth-order valence-corrected chi connectivity index (χ4v) is 4.20. The minimum absolute atomic E-state index is 0.203. The Kier molecular flexibility index (Phi) is 4.13. The Morgan fingerprint density at radius 3 is 2.42 bits per heavy atom. The fourth-order valence-electron chi connectivity index (χ4n) is 4.20. The molecule has 6 nitrogen and oxygen atoms in total. The molecule has 6 heteroatoms. The molecule has 0 unspecified atom stereocenters. The second kappa shape index (κ2) is 6.34. The average Bonchev–Trinajstić information content (AvgIpc) is 3.37. The Hall–Kier alpha value is -2.50. The lowest BCUT2D eigenvalue weighted by Crippen LogP contribution is -2.53. The highest BCUT2D eigenvalue weighted by Gasteiger charge is 2.55. The molecule has 2 heterocycles. The van der Waals surface area contributed by atoms with Crippen LogP contribution in [0.5, 0.6) is 0 Å². The van der Waals surface area contributed by atoms with Crippen molar-refractivity contribution < 1.29 is 14.3 Å². The van der Waals surface area contributed by atoms with Crippen LogP contribution in [0.1, 0.15) is 31.0 Å². The molecule has 2 aromatic rings. The van der Waals surface area contributed by atoms with Crippen molar-refractivity contribution in [1.82, 2.24) is 14.8 Å². The highest BCUT2D eigenvalue weighted by molar-refractivity contribution is 5.98. The van der Waals surface area contributed by atoms with Crippen molar-refractivity contribution in [2.45, 2.75) is 32.1 Å². The predicted octanol–water partition coefficient (Wildman–Crippen LogP) is 2.81. The normalized spacial score (nSPS) is 18.8. The number of para-hydroxylation sites is 1. The second-order valence-corrected chi connectivity index (χ2v) is 7.23. The highest BCUT2D eigenvalue weighted by atomic mass is 16.6. The lowest BCUT2D eigenvalue weighted by molar-refractivity contribution is -0.135. The molecular formula is C20H25N3O3. The number of carbonyl (C=O) groups excluding carboxylic acids is 2. The van der Waals surface area contributed by atoms with Crippen molar-refractivity contribution in [2.24, 2.45) is 0 Å². The van der Waals surface area contributed by atoms with Crippen LogP contribution in [0.2, 0.25) is 0 Å². The van der Waals surface area contributed by atoms with E-state index >= 15 is 0 Å². The van der Waals surface area contributed by atoms with Crippen LogP contribution in [0, 0.1) is 6.92 Å². The minimum atomic E-state index is -0.393. The van der Waals surface area contributed by atoms with Crippen LogP contribution in [0.25, 0.3) is 10.9 Å². The first kappa shape index (κ1) is 16.9. The van der Waals surface area contributed by atoms with Crippen molar-refractivity contribution in [3.63, 3.8) is 0 Å². The molecule has 0 radical (unpaired) electrons. The number of nitrogens with zero attached hydrogens (tertiary/aromatic N) is 2. The largest absolute Gasteiger partial charge is 0.450 e. The average molecular weight is 355 g/mol. The molecule has 2 fully saturated rings. The summed E-state index contributed by atoms with van der Waals surface area (Å²) in [4.78, 5) is 32.2. The van der Waals surface area contributed by atoms with Gasteiger partial charge in [0.25, 0.3) is 0 Å². The minimum Gasteiger partial charge on any atom is -0.450 e. The molecular weight excluding hydrogens is 330 g/mol. The number of aryl methyl sites for hydroxylation is 1. The zero-order valence-corrected chi connectivity index (χ0v) is 15.4. The Bertz CT molecular complexity index is 845. The van der Waals surface area contributed by atoms with Crippen LogP contribution >= 0.6 is 0 Å². The van der Waals surface area contributed by atoms with Crippen LogP contribution in [0.4, 0.5) is 4.79 Å². The van der Waals surface area contributed by atoms with Gasteiger partial charge in [-0.15, -0.1) is 0 Å². The Morgan fingerprint density at radius 1 is 1.12 bits per heavy atom. The molecule has 26 heavy (non-hydrogen) atoms. The lowest BCUT2D eigenvalue weighted by atomic mass is 9.91. The molecule has 1 N–H and O–H groups in total. The highest BCUT2D eigenvalue weighted by Crippen LogP contribution is 2.53. The maximum atomic E-state index is 13.4. The first-order valence-electron chi connectivity index (χ1n) is 9.35. The summed E-state index contributed by atoms with van der Waals surface area (Å²) in [5.74, 6) is 0.203. The molecule has 1 aliphatic carbocycles. The van der Waals surface area contributed by atoms with E-state index in [1.165, 1.54) is 0 Å². The number of rotatable bonds is 3. The molecule has 2 amide bonds. The van der Waals surface area contributed by atoms with Gasteiger partial charge in [-0.1, -0.05) is 18.2 Å². The van der Waals surface area contributed by atoms with E-state index in [1.54, 1.807) is 11.8 Å². The number of aromatic nitrogens is 1. The van der Waals surface area contributed by atoms with Crippen molar-refractivity contribution in [3.8, 4) is 0 Å². The van der Waals surface area contributed by atoms with E-state index in [1.807, 2.05) is 17.0 Å². The second-order valence-electron chi connectivity index (χ2n) is 7.23. The van der Waals surface area contributed by atoms with E-state index in [-0.39, 0.29) is 12.0 Å². The van der Waals surface area contributed by atoms with Gasteiger partial charge in [-0.2, -0.15) is 0 Å². The standard InChI is InChI=1S/C20H25N3O3/c1-3-26-19(25)23-12-10-22(11-13-23)18(24)20(8-9-20)17-14(2)21-16-7-5-4-6-15(16)17/h4-7,21H,3,8-13H2,1-2H3. The molecule has 0 spiro atoms. The molecule has 0 atom stereocenters. The number of hydrogen-bond acceptors (Lipinski definition) is 3. The number of fused-ring (bicyclic) bond motifs is 1. The Labute approximate surface area is 153 Å². The molecule has 1 aromatic carbocycles. The van der Waals surface area contributed by atoms with Crippen LogP contribution in [-0.2, 0) is 14.9 Å². The third kappa shape index (κ3) is 2.64. The Morgan fingerprint density at radius 2 is 1.77 bits per heavy atom. The molecule has 0 bridgehead atoms. The van der Waals surface area contributed by atoms with E-state index in [0.29, 0.717) is 32.8 Å². The SMILES string of the molecule is CCOC(=O)N1CCN(C(=O)C2(c3c(C)[nH]c4ccccc34)CC2)CC1. The van der Waals surface area contributed by atoms with Gasteiger partial charge >= 0.3 is 6.09 Å². The number of benzene rings is 1. The zero-order chi connectivity index (χ0) is 18.3. The molecule has 138 valence electrons. The van der Waals surface area contributed by atoms with Crippen LogP contribution < -0.4 is 0 Å². The van der Waals surface area contributed by atoms with E-state index in [9.17, 15) is 9.59 Å². The van der Waals surface area contributed by atoms with Crippen LogP contribution in [0.15, 0.2) is 24.3 Å². The summed E-state index contributed by atoms with van der Waals surface area (Å²) in [6, 6.07) is 8.19. The first-order chi connectivity index (χ1) is 12.6. The summed E-state index contributed by atoms with van der Waals surface area (Å²) in [7, 11) is 0. The molecule has 1 aromatic heterocycles.